The molecule has 3 aliphatic rings. The van der Waals surface area contributed by atoms with E-state index < -0.39 is 5.92 Å². The monoisotopic (exact) mass is 427 g/mol. The number of anilines is 1. The molecule has 1 saturated carbocycles. The van der Waals surface area contributed by atoms with E-state index in [1.807, 2.05) is 29.2 Å². The average molecular weight is 428 g/mol. The lowest BCUT2D eigenvalue weighted by atomic mass is 9.79. The summed E-state index contributed by atoms with van der Waals surface area (Å²) in [7, 11) is 1.41. The van der Waals surface area contributed by atoms with E-state index in [1.54, 1.807) is 0 Å². The van der Waals surface area contributed by atoms with Crippen molar-refractivity contribution >= 4 is 17.5 Å². The van der Waals surface area contributed by atoms with Crippen LogP contribution in [0.3, 0.4) is 0 Å². The molecular formula is C25H37N3O3. The maximum Gasteiger partial charge on any atom is 0.244 e. The summed E-state index contributed by atoms with van der Waals surface area (Å²) >= 11 is 0. The van der Waals surface area contributed by atoms with Crippen LogP contribution in [-0.4, -0.2) is 49.0 Å². The Morgan fingerprint density at radius 2 is 1.74 bits per heavy atom. The van der Waals surface area contributed by atoms with Gasteiger partial charge in [-0.3, -0.25) is 14.4 Å². The lowest BCUT2D eigenvalue weighted by Crippen LogP contribution is -2.50. The summed E-state index contributed by atoms with van der Waals surface area (Å²) < 4.78 is 0. The molecule has 2 heterocycles. The Balaban J connectivity index is 1.39. The molecular weight excluding hydrogens is 390 g/mol. The first-order valence-electron chi connectivity index (χ1n) is 12.0. The largest absolute Gasteiger partial charge is 0.308 e. The Morgan fingerprint density at radius 1 is 1.06 bits per heavy atom. The van der Waals surface area contributed by atoms with Gasteiger partial charge in [0.15, 0.2) is 0 Å². The number of carbonyl (C=O) groups excluding carboxylic acids is 2. The van der Waals surface area contributed by atoms with Crippen LogP contribution in [0.15, 0.2) is 24.3 Å². The molecule has 4 rings (SSSR count). The number of carbonyl (C=O) groups is 2. The number of nitrogens with one attached hydrogen (secondary N) is 1. The Bertz CT molecular complexity index is 780. The van der Waals surface area contributed by atoms with Crippen molar-refractivity contribution in [1.82, 2.24) is 10.4 Å². The lowest BCUT2D eigenvalue weighted by molar-refractivity contribution is -0.133. The second kappa shape index (κ2) is 9.70. The Morgan fingerprint density at radius 3 is 2.39 bits per heavy atom. The number of para-hydroxylation sites is 1. The minimum atomic E-state index is -0.421. The topological polar surface area (TPSA) is 61.9 Å². The van der Waals surface area contributed by atoms with Gasteiger partial charge in [0.2, 0.25) is 11.8 Å². The molecule has 1 aromatic carbocycles. The molecule has 1 N–H and O–H groups in total. The second-order valence-corrected chi connectivity index (χ2v) is 9.83. The van der Waals surface area contributed by atoms with Gasteiger partial charge in [-0.25, -0.2) is 5.48 Å². The van der Waals surface area contributed by atoms with Gasteiger partial charge in [0, 0.05) is 37.3 Å². The fraction of sp³-hybridized carbons (Fsp3) is 0.680. The molecule has 2 amide bonds. The van der Waals surface area contributed by atoms with E-state index in [4.69, 9.17) is 4.84 Å². The Kier molecular flexibility index (Phi) is 6.97. The van der Waals surface area contributed by atoms with Crippen molar-refractivity contribution < 1.29 is 14.4 Å². The molecule has 1 atom stereocenters. The number of benzene rings is 1. The number of likely N-dealkylation sites (tertiary alicyclic amines) is 1. The van der Waals surface area contributed by atoms with Crippen LogP contribution < -0.4 is 10.4 Å². The second-order valence-electron chi connectivity index (χ2n) is 9.83. The molecule has 0 spiro atoms. The van der Waals surface area contributed by atoms with E-state index in [2.05, 4.69) is 24.2 Å². The van der Waals surface area contributed by atoms with Crippen LogP contribution in [0.4, 0.5) is 5.69 Å². The first-order valence-corrected chi connectivity index (χ1v) is 12.0. The molecule has 1 aliphatic carbocycles. The molecule has 0 aromatic heterocycles. The Labute approximate surface area is 186 Å². The number of rotatable bonds is 6. The highest BCUT2D eigenvalue weighted by atomic mass is 16.6. The predicted octanol–water partition coefficient (Wildman–Crippen LogP) is 3.86. The number of hydrogen-bond donors (Lipinski definition) is 1. The maximum absolute atomic E-state index is 13.4. The molecule has 0 radical (unpaired) electrons. The summed E-state index contributed by atoms with van der Waals surface area (Å²) in [4.78, 5) is 34.9. The van der Waals surface area contributed by atoms with Crippen molar-refractivity contribution in [2.24, 2.45) is 11.8 Å². The van der Waals surface area contributed by atoms with Crippen molar-refractivity contribution in [2.45, 2.75) is 76.8 Å². The van der Waals surface area contributed by atoms with Crippen molar-refractivity contribution in [3.8, 4) is 0 Å². The van der Waals surface area contributed by atoms with Crippen molar-refractivity contribution in [2.75, 3.05) is 25.1 Å². The zero-order valence-electron chi connectivity index (χ0n) is 19.2. The molecule has 31 heavy (non-hydrogen) atoms. The van der Waals surface area contributed by atoms with Gasteiger partial charge >= 0.3 is 0 Å². The number of amides is 2. The molecule has 0 bridgehead atoms. The van der Waals surface area contributed by atoms with E-state index in [9.17, 15) is 9.59 Å². The van der Waals surface area contributed by atoms with Gasteiger partial charge in [-0.1, -0.05) is 32.0 Å². The van der Waals surface area contributed by atoms with E-state index in [0.29, 0.717) is 6.04 Å². The fourth-order valence-electron chi connectivity index (χ4n) is 5.98. The van der Waals surface area contributed by atoms with E-state index in [-0.39, 0.29) is 24.3 Å². The number of hydroxylamine groups is 1. The smallest absolute Gasteiger partial charge is 0.244 e. The minimum absolute atomic E-state index is 0.0587. The van der Waals surface area contributed by atoms with Gasteiger partial charge in [-0.2, -0.15) is 0 Å². The highest BCUT2D eigenvalue weighted by Gasteiger charge is 2.42. The van der Waals surface area contributed by atoms with Crippen LogP contribution in [0.5, 0.6) is 0 Å². The third-order valence-corrected chi connectivity index (χ3v) is 7.78. The normalized spacial score (nSPS) is 27.5. The quantitative estimate of drug-likeness (QED) is 0.700. The highest BCUT2D eigenvalue weighted by molar-refractivity contribution is 6.07. The van der Waals surface area contributed by atoms with Crippen LogP contribution in [0.2, 0.25) is 0 Å². The van der Waals surface area contributed by atoms with Gasteiger partial charge < -0.3 is 9.80 Å². The molecule has 6 nitrogen and oxygen atoms in total. The summed E-state index contributed by atoms with van der Waals surface area (Å²) in [6, 6.07) is 8.88. The van der Waals surface area contributed by atoms with Crippen LogP contribution >= 0.6 is 0 Å². The third-order valence-electron chi connectivity index (χ3n) is 7.78. The molecule has 1 aromatic rings. The standard InChI is InChI=1S/C25H37N3O3/c1-17(2)18-8-10-19(11-9-18)27-14-12-20(13-15-27)28-23-7-5-4-6-21(23)22(25(28)30)16-24(29)26-31-3/h4-7,17-20,22H,8-16H2,1-3H3,(H,26,29)/t18-,19+,22?. The van der Waals surface area contributed by atoms with Crippen molar-refractivity contribution in [1.29, 1.82) is 0 Å². The summed E-state index contributed by atoms with van der Waals surface area (Å²) in [6.45, 7) is 6.83. The third kappa shape index (κ3) is 4.65. The predicted molar refractivity (Wildman–Crippen MR) is 122 cm³/mol. The number of nitrogens with zero attached hydrogens (tertiary/aromatic N) is 2. The molecule has 6 heteroatoms. The number of piperidine rings is 1. The summed E-state index contributed by atoms with van der Waals surface area (Å²) in [6.07, 6.45) is 7.46. The van der Waals surface area contributed by atoms with E-state index >= 15 is 0 Å². The van der Waals surface area contributed by atoms with Crippen LogP contribution in [-0.2, 0) is 14.4 Å². The van der Waals surface area contributed by atoms with E-state index in [0.717, 1.165) is 49.0 Å². The molecule has 170 valence electrons. The zero-order valence-corrected chi connectivity index (χ0v) is 19.2. The van der Waals surface area contributed by atoms with Crippen molar-refractivity contribution in [3.63, 3.8) is 0 Å². The maximum atomic E-state index is 13.4. The molecule has 2 aliphatic heterocycles. The highest BCUT2D eigenvalue weighted by Crippen LogP contribution is 2.42. The van der Waals surface area contributed by atoms with Gasteiger partial charge in [0.25, 0.3) is 0 Å². The van der Waals surface area contributed by atoms with Gasteiger partial charge in [-0.15, -0.1) is 0 Å². The van der Waals surface area contributed by atoms with Crippen LogP contribution in [0, 0.1) is 11.8 Å². The molecule has 2 fully saturated rings. The van der Waals surface area contributed by atoms with Gasteiger partial charge in [0.05, 0.1) is 13.0 Å². The summed E-state index contributed by atoms with van der Waals surface area (Å²) in [5.74, 6) is 1.06. The Hall–Kier alpha value is -1.92. The van der Waals surface area contributed by atoms with Crippen LogP contribution in [0.25, 0.3) is 0 Å². The summed E-state index contributed by atoms with van der Waals surface area (Å²) in [5, 5.41) is 0. The van der Waals surface area contributed by atoms with Gasteiger partial charge in [0.1, 0.15) is 0 Å². The van der Waals surface area contributed by atoms with Gasteiger partial charge in [-0.05, 0) is 62.0 Å². The molecule has 1 unspecified atom stereocenters. The molecule has 1 saturated heterocycles. The average Bonchev–Trinajstić information content (AvgIpc) is 3.05. The SMILES string of the molecule is CONC(=O)CC1C(=O)N(C2CCN([C@H]3CC[C@@H](C(C)C)CC3)CC2)c2ccccc21. The summed E-state index contributed by atoms with van der Waals surface area (Å²) in [5.41, 5.74) is 4.30. The number of fused-ring (bicyclic) bond motifs is 1. The first kappa shape index (κ1) is 22.3. The zero-order chi connectivity index (χ0) is 22.0. The lowest BCUT2D eigenvalue weighted by Gasteiger charge is -2.43. The first-order chi connectivity index (χ1) is 15.0. The van der Waals surface area contributed by atoms with Crippen LogP contribution in [0.1, 0.15) is 70.3 Å². The fourth-order valence-corrected chi connectivity index (χ4v) is 5.98. The van der Waals surface area contributed by atoms with E-state index in [1.165, 1.54) is 32.8 Å². The number of hydrogen-bond acceptors (Lipinski definition) is 4. The van der Waals surface area contributed by atoms with Crippen molar-refractivity contribution in [3.05, 3.63) is 29.8 Å². The minimum Gasteiger partial charge on any atom is -0.308 e.